The summed E-state index contributed by atoms with van der Waals surface area (Å²) in [5.74, 6) is 1.81. The van der Waals surface area contributed by atoms with Gasteiger partial charge in [0.15, 0.2) is 0 Å². The molecule has 1 amide bonds. The lowest BCUT2D eigenvalue weighted by Gasteiger charge is -2.30. The number of ether oxygens (including phenoxy) is 2. The van der Waals surface area contributed by atoms with Crippen LogP contribution in [0, 0.1) is 5.92 Å². The maximum atomic E-state index is 12.7. The van der Waals surface area contributed by atoms with E-state index >= 15 is 0 Å². The third-order valence-electron chi connectivity index (χ3n) is 4.66. The smallest absolute Gasteiger partial charge is 0.274 e. The summed E-state index contributed by atoms with van der Waals surface area (Å²) in [6.07, 6.45) is 3.80. The number of methoxy groups -OCH3 is 2. The molecule has 0 bridgehead atoms. The van der Waals surface area contributed by atoms with Crippen LogP contribution in [0.25, 0.3) is 0 Å². The van der Waals surface area contributed by atoms with Gasteiger partial charge in [0.05, 0.1) is 24.9 Å². The Morgan fingerprint density at radius 2 is 1.93 bits per heavy atom. The van der Waals surface area contributed by atoms with Gasteiger partial charge in [0.2, 0.25) is 5.95 Å². The second-order valence-electron chi connectivity index (χ2n) is 6.55. The zero-order chi connectivity index (χ0) is 19.4. The third-order valence-corrected chi connectivity index (χ3v) is 4.96. The van der Waals surface area contributed by atoms with Gasteiger partial charge in [-0.05, 0) is 24.8 Å². The Hall–Kier alpha value is -2.54. The summed E-state index contributed by atoms with van der Waals surface area (Å²) < 4.78 is 10.5. The summed E-state index contributed by atoms with van der Waals surface area (Å²) in [5.41, 5.74) is 0.741. The number of carbonyl (C=O) groups excluding carboxylic acids is 1. The van der Waals surface area contributed by atoms with E-state index in [2.05, 4.69) is 27.1 Å². The van der Waals surface area contributed by atoms with Gasteiger partial charge < -0.3 is 19.7 Å². The van der Waals surface area contributed by atoms with Gasteiger partial charge >= 0.3 is 0 Å². The van der Waals surface area contributed by atoms with Crippen LogP contribution >= 0.6 is 11.6 Å². The van der Waals surface area contributed by atoms with Crippen molar-refractivity contribution in [3.8, 4) is 11.5 Å². The Labute approximate surface area is 163 Å². The largest absolute Gasteiger partial charge is 0.495 e. The highest BCUT2D eigenvalue weighted by atomic mass is 35.5. The highest BCUT2D eigenvalue weighted by molar-refractivity contribution is 6.32. The van der Waals surface area contributed by atoms with Crippen molar-refractivity contribution in [3.05, 3.63) is 35.1 Å². The first kappa shape index (κ1) is 19.2. The Morgan fingerprint density at radius 1 is 1.22 bits per heavy atom. The maximum Gasteiger partial charge on any atom is 0.274 e. The fourth-order valence-corrected chi connectivity index (χ4v) is 3.21. The lowest BCUT2D eigenvalue weighted by atomic mass is 10.00. The number of piperidine rings is 1. The number of carbonyl (C=O) groups is 1. The molecule has 0 unspecified atom stereocenters. The van der Waals surface area contributed by atoms with E-state index in [1.165, 1.54) is 14.2 Å². The van der Waals surface area contributed by atoms with Gasteiger partial charge in [-0.2, -0.15) is 0 Å². The van der Waals surface area contributed by atoms with E-state index < -0.39 is 0 Å². The molecule has 1 saturated heterocycles. The lowest BCUT2D eigenvalue weighted by molar-refractivity contribution is 0.102. The topological polar surface area (TPSA) is 76.6 Å². The average molecular weight is 391 g/mol. The van der Waals surface area contributed by atoms with Gasteiger partial charge in [0.25, 0.3) is 5.91 Å². The van der Waals surface area contributed by atoms with E-state index in [0.717, 1.165) is 25.9 Å². The molecular weight excluding hydrogens is 368 g/mol. The molecule has 0 aliphatic carbocycles. The van der Waals surface area contributed by atoms with Crippen LogP contribution in [0.1, 0.15) is 30.3 Å². The quantitative estimate of drug-likeness (QED) is 0.839. The second kappa shape index (κ2) is 8.43. The molecule has 8 heteroatoms. The molecule has 2 aromatic rings. The van der Waals surface area contributed by atoms with E-state index in [1.807, 2.05) is 0 Å². The molecule has 1 fully saturated rings. The number of nitrogens with one attached hydrogen (secondary N) is 1. The van der Waals surface area contributed by atoms with Crippen LogP contribution in [0.2, 0.25) is 5.02 Å². The summed E-state index contributed by atoms with van der Waals surface area (Å²) in [6.45, 7) is 4.04. The number of hydrogen-bond donors (Lipinski definition) is 1. The van der Waals surface area contributed by atoms with Gasteiger partial charge in [0.1, 0.15) is 17.2 Å². The number of amides is 1. The molecule has 1 aromatic carbocycles. The maximum absolute atomic E-state index is 12.7. The van der Waals surface area contributed by atoms with E-state index in [-0.39, 0.29) is 11.6 Å². The van der Waals surface area contributed by atoms with E-state index in [1.54, 1.807) is 24.4 Å². The molecule has 7 nitrogen and oxygen atoms in total. The number of halogens is 1. The van der Waals surface area contributed by atoms with Crippen LogP contribution < -0.4 is 19.7 Å². The SMILES string of the molecule is COc1cc(NC(=O)c2ccnc(N3CCC(C)CC3)n2)c(OC)cc1Cl. The third kappa shape index (κ3) is 4.42. The molecule has 3 rings (SSSR count). The van der Waals surface area contributed by atoms with Crippen LogP contribution in [0.4, 0.5) is 11.6 Å². The number of aromatic nitrogens is 2. The standard InChI is InChI=1S/C19H23ClN4O3/c1-12-5-8-24(9-6-12)19-21-7-4-14(23-19)18(25)22-15-11-16(26-2)13(20)10-17(15)27-3/h4,7,10-12H,5-6,8-9H2,1-3H3,(H,22,25). The fraction of sp³-hybridized carbons (Fsp3) is 0.421. The molecule has 0 saturated carbocycles. The minimum absolute atomic E-state index is 0.287. The summed E-state index contributed by atoms with van der Waals surface area (Å²) in [4.78, 5) is 23.6. The molecular formula is C19H23ClN4O3. The molecule has 1 N–H and O–H groups in total. The van der Waals surface area contributed by atoms with Gasteiger partial charge in [0, 0.05) is 31.4 Å². The lowest BCUT2D eigenvalue weighted by Crippen LogP contribution is -2.34. The van der Waals surface area contributed by atoms with Gasteiger partial charge in [-0.15, -0.1) is 0 Å². The van der Waals surface area contributed by atoms with Crippen LogP contribution in [-0.4, -0.2) is 43.2 Å². The van der Waals surface area contributed by atoms with Crippen molar-refractivity contribution >= 4 is 29.1 Å². The Morgan fingerprint density at radius 3 is 2.59 bits per heavy atom. The van der Waals surface area contributed by atoms with Crippen LogP contribution in [-0.2, 0) is 0 Å². The van der Waals surface area contributed by atoms with Crippen molar-refractivity contribution in [2.24, 2.45) is 5.92 Å². The number of hydrogen-bond acceptors (Lipinski definition) is 6. The molecule has 27 heavy (non-hydrogen) atoms. The van der Waals surface area contributed by atoms with Crippen LogP contribution in [0.15, 0.2) is 24.4 Å². The minimum atomic E-state index is -0.355. The van der Waals surface area contributed by atoms with Crippen molar-refractivity contribution in [2.45, 2.75) is 19.8 Å². The van der Waals surface area contributed by atoms with Gasteiger partial charge in [-0.1, -0.05) is 18.5 Å². The first-order valence-corrected chi connectivity index (χ1v) is 9.20. The predicted octanol–water partition coefficient (Wildman–Crippen LogP) is 3.64. The van der Waals surface area contributed by atoms with Crippen molar-refractivity contribution in [1.29, 1.82) is 0 Å². The van der Waals surface area contributed by atoms with Crippen LogP contribution in [0.3, 0.4) is 0 Å². The van der Waals surface area contributed by atoms with Gasteiger partial charge in [-0.3, -0.25) is 4.79 Å². The second-order valence-corrected chi connectivity index (χ2v) is 6.96. The molecule has 144 valence electrons. The van der Waals surface area contributed by atoms with Crippen molar-refractivity contribution in [1.82, 2.24) is 9.97 Å². The Kier molecular flexibility index (Phi) is 6.01. The molecule has 1 aliphatic rings. The summed E-state index contributed by atoms with van der Waals surface area (Å²) in [7, 11) is 3.02. The van der Waals surface area contributed by atoms with Crippen molar-refractivity contribution in [3.63, 3.8) is 0 Å². The number of nitrogens with zero attached hydrogens (tertiary/aromatic N) is 3. The molecule has 0 radical (unpaired) electrons. The Balaban J connectivity index is 1.80. The van der Waals surface area contributed by atoms with E-state index in [4.69, 9.17) is 21.1 Å². The van der Waals surface area contributed by atoms with Crippen molar-refractivity contribution < 1.29 is 14.3 Å². The normalized spacial score (nSPS) is 14.7. The van der Waals surface area contributed by atoms with Crippen molar-refractivity contribution in [2.75, 3.05) is 37.5 Å². The summed E-state index contributed by atoms with van der Waals surface area (Å²) >= 11 is 6.11. The van der Waals surface area contributed by atoms with Crippen LogP contribution in [0.5, 0.6) is 11.5 Å². The highest BCUT2D eigenvalue weighted by Crippen LogP contribution is 2.36. The van der Waals surface area contributed by atoms with E-state index in [9.17, 15) is 4.79 Å². The monoisotopic (exact) mass is 390 g/mol. The number of anilines is 2. The molecule has 1 aromatic heterocycles. The summed E-state index contributed by atoms with van der Waals surface area (Å²) in [6, 6.07) is 4.80. The van der Waals surface area contributed by atoms with Gasteiger partial charge in [-0.25, -0.2) is 9.97 Å². The molecule has 0 atom stereocenters. The number of benzene rings is 1. The zero-order valence-electron chi connectivity index (χ0n) is 15.7. The average Bonchev–Trinajstić information content (AvgIpc) is 2.69. The fourth-order valence-electron chi connectivity index (χ4n) is 2.98. The highest BCUT2D eigenvalue weighted by Gasteiger charge is 2.20. The first-order chi connectivity index (χ1) is 13.0. The predicted molar refractivity (Wildman–Crippen MR) is 105 cm³/mol. The minimum Gasteiger partial charge on any atom is -0.495 e. The Bertz CT molecular complexity index is 823. The molecule has 2 heterocycles. The molecule has 1 aliphatic heterocycles. The first-order valence-electron chi connectivity index (χ1n) is 8.82. The summed E-state index contributed by atoms with van der Waals surface area (Å²) in [5, 5.41) is 3.20. The number of rotatable bonds is 5. The zero-order valence-corrected chi connectivity index (χ0v) is 16.4. The van der Waals surface area contributed by atoms with E-state index in [0.29, 0.717) is 34.1 Å². The molecule has 0 spiro atoms.